The Morgan fingerprint density at radius 3 is 2.53 bits per heavy atom. The second kappa shape index (κ2) is 4.86. The predicted octanol–water partition coefficient (Wildman–Crippen LogP) is 2.90. The van der Waals surface area contributed by atoms with Crippen molar-refractivity contribution < 1.29 is 14.2 Å². The summed E-state index contributed by atoms with van der Waals surface area (Å²) in [5.74, 6) is 0. The number of fused-ring (bicyclic) bond motifs is 1. The molecule has 0 bridgehead atoms. The van der Waals surface area contributed by atoms with Crippen LogP contribution in [0.5, 0.6) is 0 Å². The van der Waals surface area contributed by atoms with Crippen molar-refractivity contribution in [1.29, 1.82) is 0 Å². The van der Waals surface area contributed by atoms with Gasteiger partial charge in [-0.15, -0.1) is 0 Å². The highest BCUT2D eigenvalue weighted by molar-refractivity contribution is 6.55. The van der Waals surface area contributed by atoms with Crippen LogP contribution in [0.4, 0.5) is 0 Å². The summed E-state index contributed by atoms with van der Waals surface area (Å²) in [6, 6.07) is 5.63. The molecule has 0 atom stereocenters. The van der Waals surface area contributed by atoms with Crippen molar-refractivity contribution in [3.05, 3.63) is 29.5 Å². The Bertz CT molecular complexity index is 584. The van der Waals surface area contributed by atoms with Crippen LogP contribution in [0.15, 0.2) is 28.9 Å². The maximum absolute atomic E-state index is 10.0. The fraction of sp³-hybridized carbons (Fsp3) is 0.429. The molecule has 1 aromatic heterocycles. The first kappa shape index (κ1) is 14.4. The van der Waals surface area contributed by atoms with E-state index in [1.165, 1.54) is 0 Å². The van der Waals surface area contributed by atoms with Gasteiger partial charge in [-0.1, -0.05) is 23.7 Å². The van der Waals surface area contributed by atoms with E-state index < -0.39 is 11.2 Å². The van der Waals surface area contributed by atoms with Gasteiger partial charge in [0.1, 0.15) is 0 Å². The van der Waals surface area contributed by atoms with Crippen LogP contribution < -0.4 is 5.46 Å². The number of hydrogen-bond donors (Lipinski definition) is 1. The third-order valence-corrected chi connectivity index (χ3v) is 3.93. The van der Waals surface area contributed by atoms with Crippen LogP contribution in [0, 0.1) is 0 Å². The lowest BCUT2D eigenvalue weighted by molar-refractivity contribution is -0.0893. The lowest BCUT2D eigenvalue weighted by atomic mass is 9.82. The average Bonchev–Trinajstić information content (AvgIpc) is 2.75. The summed E-state index contributed by atoms with van der Waals surface area (Å²) in [7, 11) is 1.56. The second-order valence-corrected chi connectivity index (χ2v) is 5.99. The number of rotatable bonds is 4. The van der Waals surface area contributed by atoms with Gasteiger partial charge in [0, 0.05) is 5.39 Å². The van der Waals surface area contributed by atoms with Gasteiger partial charge in [-0.2, -0.15) is 0 Å². The van der Waals surface area contributed by atoms with E-state index in [-0.39, 0.29) is 0 Å². The van der Waals surface area contributed by atoms with Crippen LogP contribution in [0.25, 0.3) is 11.0 Å². The van der Waals surface area contributed by atoms with E-state index in [1.54, 1.807) is 27.6 Å². The third kappa shape index (κ3) is 2.81. The number of hydrogen-bond acceptors (Lipinski definition) is 3. The van der Waals surface area contributed by atoms with E-state index in [9.17, 15) is 5.11 Å². The first-order chi connectivity index (χ1) is 8.72. The van der Waals surface area contributed by atoms with Gasteiger partial charge in [0.15, 0.2) is 5.58 Å². The highest BCUT2D eigenvalue weighted by Crippen LogP contribution is 2.26. The van der Waals surface area contributed by atoms with Gasteiger partial charge in [0.2, 0.25) is 0 Å². The summed E-state index contributed by atoms with van der Waals surface area (Å²) >= 11 is 6.26. The summed E-state index contributed by atoms with van der Waals surface area (Å²) in [6.45, 7) is 7.06. The molecule has 0 aliphatic rings. The molecule has 0 unspecified atom stereocenters. The summed E-state index contributed by atoms with van der Waals surface area (Å²) in [6.07, 6.45) is 1.60. The van der Waals surface area contributed by atoms with Crippen LogP contribution in [0.3, 0.4) is 0 Å². The number of benzene rings is 1. The van der Waals surface area contributed by atoms with Crippen molar-refractivity contribution in [2.75, 3.05) is 0 Å². The molecule has 0 saturated carbocycles. The maximum Gasteiger partial charge on any atom is 0.332 e. The second-order valence-electron chi connectivity index (χ2n) is 5.61. The lowest BCUT2D eigenvalue weighted by Crippen LogP contribution is -2.49. The zero-order chi connectivity index (χ0) is 14.3. The molecule has 101 valence electrons. The topological polar surface area (TPSA) is 42.6 Å². The Labute approximate surface area is 118 Å². The van der Waals surface area contributed by atoms with Crippen LogP contribution in [-0.2, 0) is 4.65 Å². The average molecular weight is 280 g/mol. The number of furan rings is 1. The quantitative estimate of drug-likeness (QED) is 0.875. The molecule has 1 radical (unpaired) electrons. The van der Waals surface area contributed by atoms with Gasteiger partial charge in [-0.05, 0) is 39.2 Å². The Morgan fingerprint density at radius 2 is 1.89 bits per heavy atom. The molecule has 0 saturated heterocycles. The molecular formula is C14H17BClO3. The first-order valence-corrected chi connectivity index (χ1v) is 6.49. The third-order valence-electron chi connectivity index (χ3n) is 3.54. The molecule has 3 nitrogen and oxygen atoms in total. The minimum absolute atomic E-state index is 0.508. The molecular weight excluding hydrogens is 262 g/mol. The zero-order valence-corrected chi connectivity index (χ0v) is 12.3. The largest absolute Gasteiger partial charge is 0.463 e. The SMILES string of the molecule is CC(C)(O)C(C)(C)O[B]c1ccc2ccoc2c1Cl. The van der Waals surface area contributed by atoms with Crippen LogP contribution in [0.1, 0.15) is 27.7 Å². The van der Waals surface area contributed by atoms with Crippen LogP contribution in [-0.4, -0.2) is 23.8 Å². The molecule has 0 fully saturated rings. The van der Waals surface area contributed by atoms with Gasteiger partial charge < -0.3 is 14.2 Å². The van der Waals surface area contributed by atoms with Crippen molar-refractivity contribution >= 4 is 35.5 Å². The number of halogens is 1. The van der Waals surface area contributed by atoms with Gasteiger partial charge in [0.05, 0.1) is 22.5 Å². The number of aliphatic hydroxyl groups is 1. The van der Waals surface area contributed by atoms with Gasteiger partial charge >= 0.3 is 7.48 Å². The molecule has 0 aliphatic heterocycles. The molecule has 0 aliphatic carbocycles. The minimum atomic E-state index is -0.968. The summed E-state index contributed by atoms with van der Waals surface area (Å²) in [5, 5.41) is 11.5. The van der Waals surface area contributed by atoms with E-state index in [0.29, 0.717) is 10.6 Å². The highest BCUT2D eigenvalue weighted by atomic mass is 35.5. The molecule has 19 heavy (non-hydrogen) atoms. The molecule has 1 aromatic carbocycles. The molecule has 0 spiro atoms. The Hall–Kier alpha value is -0.965. The smallest absolute Gasteiger partial charge is 0.332 e. The van der Waals surface area contributed by atoms with Gasteiger partial charge in [-0.3, -0.25) is 0 Å². The fourth-order valence-electron chi connectivity index (χ4n) is 1.46. The lowest BCUT2D eigenvalue weighted by Gasteiger charge is -2.37. The van der Waals surface area contributed by atoms with Crippen molar-refractivity contribution in [1.82, 2.24) is 0 Å². The molecule has 2 rings (SSSR count). The van der Waals surface area contributed by atoms with E-state index in [4.69, 9.17) is 20.7 Å². The Morgan fingerprint density at radius 1 is 1.21 bits per heavy atom. The van der Waals surface area contributed by atoms with Crippen molar-refractivity contribution in [3.8, 4) is 0 Å². The monoisotopic (exact) mass is 279 g/mol. The molecule has 1 heterocycles. The molecule has 2 aromatic rings. The first-order valence-electron chi connectivity index (χ1n) is 6.11. The normalized spacial score (nSPS) is 12.9. The molecule has 0 amide bonds. The van der Waals surface area contributed by atoms with Gasteiger partial charge in [-0.25, -0.2) is 0 Å². The van der Waals surface area contributed by atoms with Crippen molar-refractivity contribution in [3.63, 3.8) is 0 Å². The van der Waals surface area contributed by atoms with Crippen molar-refractivity contribution in [2.24, 2.45) is 0 Å². The highest BCUT2D eigenvalue weighted by Gasteiger charge is 2.35. The Kier molecular flexibility index (Phi) is 3.69. The Balaban J connectivity index is 2.21. The van der Waals surface area contributed by atoms with Gasteiger partial charge in [0.25, 0.3) is 0 Å². The maximum atomic E-state index is 10.0. The summed E-state index contributed by atoms with van der Waals surface area (Å²) in [5.41, 5.74) is -0.333. The minimum Gasteiger partial charge on any atom is -0.463 e. The van der Waals surface area contributed by atoms with Crippen LogP contribution in [0.2, 0.25) is 5.02 Å². The standard InChI is InChI=1S/C14H17BClO3/c1-13(2,17)14(3,4)19-15-10-6-5-9-7-8-18-12(9)11(10)16/h5-8,17H,1-4H3. The van der Waals surface area contributed by atoms with Crippen molar-refractivity contribution in [2.45, 2.75) is 38.9 Å². The van der Waals surface area contributed by atoms with E-state index >= 15 is 0 Å². The fourth-order valence-corrected chi connectivity index (χ4v) is 1.72. The summed E-state index contributed by atoms with van der Waals surface area (Å²) in [4.78, 5) is 0. The zero-order valence-electron chi connectivity index (χ0n) is 11.5. The van der Waals surface area contributed by atoms with Crippen LogP contribution >= 0.6 is 11.6 Å². The summed E-state index contributed by atoms with van der Waals surface area (Å²) < 4.78 is 11.0. The van der Waals surface area contributed by atoms with E-state index in [0.717, 1.165) is 10.8 Å². The van der Waals surface area contributed by atoms with E-state index in [1.807, 2.05) is 32.0 Å². The molecule has 5 heteroatoms. The van der Waals surface area contributed by atoms with E-state index in [2.05, 4.69) is 0 Å². The molecule has 1 N–H and O–H groups in total. The predicted molar refractivity (Wildman–Crippen MR) is 78.1 cm³/mol.